The zero-order valence-electron chi connectivity index (χ0n) is 16.3. The summed E-state index contributed by atoms with van der Waals surface area (Å²) in [6.07, 6.45) is 4.56. The molecule has 2 saturated heterocycles. The number of fused-ring (bicyclic) bond motifs is 2. The predicted molar refractivity (Wildman–Crippen MR) is 109 cm³/mol. The standard InChI is InChI=1S/C20H30N4O2.ClH/c1-13(2)22-20(26)21-12-14-4-6-15(7-5-14)19(25)24(3)18-10-16-8-9-17(11-18)23-16;/h4-7,13,16-18,23H,8-12H2,1-3H3,(H2,21,22,26);1H. The average molecular weight is 395 g/mol. The van der Waals surface area contributed by atoms with E-state index in [1.165, 1.54) is 12.8 Å². The van der Waals surface area contributed by atoms with Gasteiger partial charge in [-0.05, 0) is 57.2 Å². The molecule has 0 radical (unpaired) electrons. The summed E-state index contributed by atoms with van der Waals surface area (Å²) in [5, 5.41) is 9.23. The molecule has 0 aliphatic carbocycles. The lowest BCUT2D eigenvalue weighted by molar-refractivity contribution is 0.0681. The van der Waals surface area contributed by atoms with Crippen LogP contribution in [0.1, 0.15) is 55.5 Å². The monoisotopic (exact) mass is 394 g/mol. The molecule has 2 bridgehead atoms. The van der Waals surface area contributed by atoms with Gasteiger partial charge in [-0.2, -0.15) is 0 Å². The number of rotatable bonds is 5. The normalized spacial score (nSPS) is 23.5. The molecule has 3 amide bonds. The number of amides is 3. The highest BCUT2D eigenvalue weighted by Gasteiger charge is 2.36. The molecule has 2 heterocycles. The van der Waals surface area contributed by atoms with Crippen molar-refractivity contribution in [2.75, 3.05) is 7.05 Å². The highest BCUT2D eigenvalue weighted by molar-refractivity contribution is 5.94. The van der Waals surface area contributed by atoms with Crippen molar-refractivity contribution in [2.24, 2.45) is 0 Å². The fraction of sp³-hybridized carbons (Fsp3) is 0.600. The Morgan fingerprint density at radius 3 is 2.30 bits per heavy atom. The Labute approximate surface area is 167 Å². The number of nitrogens with zero attached hydrogens (tertiary/aromatic N) is 1. The lowest BCUT2D eigenvalue weighted by Crippen LogP contribution is -2.48. The van der Waals surface area contributed by atoms with Gasteiger partial charge < -0.3 is 20.9 Å². The van der Waals surface area contributed by atoms with Crippen LogP contribution in [0.2, 0.25) is 0 Å². The van der Waals surface area contributed by atoms with E-state index >= 15 is 0 Å². The maximum absolute atomic E-state index is 12.8. The Morgan fingerprint density at radius 2 is 1.74 bits per heavy atom. The minimum Gasteiger partial charge on any atom is -0.339 e. The summed E-state index contributed by atoms with van der Waals surface area (Å²) >= 11 is 0. The Kier molecular flexibility index (Phi) is 7.50. The van der Waals surface area contributed by atoms with Crippen molar-refractivity contribution in [1.29, 1.82) is 0 Å². The molecule has 7 heteroatoms. The highest BCUT2D eigenvalue weighted by Crippen LogP contribution is 2.29. The molecule has 3 rings (SSSR count). The molecule has 27 heavy (non-hydrogen) atoms. The van der Waals surface area contributed by atoms with Crippen LogP contribution in [-0.4, -0.2) is 48.1 Å². The van der Waals surface area contributed by atoms with Crippen LogP contribution in [0.15, 0.2) is 24.3 Å². The van der Waals surface area contributed by atoms with E-state index in [2.05, 4.69) is 16.0 Å². The van der Waals surface area contributed by atoms with Crippen LogP contribution >= 0.6 is 12.4 Å². The number of hydrogen-bond acceptors (Lipinski definition) is 3. The van der Waals surface area contributed by atoms with Gasteiger partial charge in [0.25, 0.3) is 5.91 Å². The van der Waals surface area contributed by atoms with Gasteiger partial charge in [0.15, 0.2) is 0 Å². The number of carbonyl (C=O) groups excluding carboxylic acids is 2. The van der Waals surface area contributed by atoms with Gasteiger partial charge in [0.05, 0.1) is 0 Å². The van der Waals surface area contributed by atoms with Crippen molar-refractivity contribution < 1.29 is 9.59 Å². The Hall–Kier alpha value is -1.79. The first-order valence-corrected chi connectivity index (χ1v) is 9.59. The third-order valence-corrected chi connectivity index (χ3v) is 5.39. The van der Waals surface area contributed by atoms with Crippen LogP contribution < -0.4 is 16.0 Å². The molecule has 0 aromatic heterocycles. The molecule has 1 aromatic carbocycles. The van der Waals surface area contributed by atoms with Crippen LogP contribution in [-0.2, 0) is 6.54 Å². The van der Waals surface area contributed by atoms with Gasteiger partial charge in [-0.3, -0.25) is 4.79 Å². The largest absolute Gasteiger partial charge is 0.339 e. The van der Waals surface area contributed by atoms with Crippen LogP contribution in [0.4, 0.5) is 4.79 Å². The van der Waals surface area contributed by atoms with Crippen molar-refractivity contribution in [1.82, 2.24) is 20.9 Å². The molecule has 0 spiro atoms. The van der Waals surface area contributed by atoms with E-state index in [1.54, 1.807) is 0 Å². The minimum atomic E-state index is -0.180. The second-order valence-corrected chi connectivity index (χ2v) is 7.86. The van der Waals surface area contributed by atoms with Crippen LogP contribution in [0, 0.1) is 0 Å². The first kappa shape index (κ1) is 21.5. The van der Waals surface area contributed by atoms with Gasteiger partial charge in [0.2, 0.25) is 0 Å². The molecule has 2 atom stereocenters. The lowest BCUT2D eigenvalue weighted by atomic mass is 9.98. The molecule has 2 fully saturated rings. The van der Waals surface area contributed by atoms with E-state index in [1.807, 2.05) is 50.1 Å². The number of halogens is 1. The van der Waals surface area contributed by atoms with Crippen molar-refractivity contribution in [2.45, 2.75) is 70.2 Å². The number of urea groups is 1. The van der Waals surface area contributed by atoms with Gasteiger partial charge in [-0.25, -0.2) is 4.79 Å². The number of benzene rings is 1. The number of carbonyl (C=O) groups is 2. The molecule has 150 valence electrons. The average Bonchev–Trinajstić information content (AvgIpc) is 2.96. The van der Waals surface area contributed by atoms with E-state index in [4.69, 9.17) is 0 Å². The predicted octanol–water partition coefficient (Wildman–Crippen LogP) is 2.67. The van der Waals surface area contributed by atoms with Gasteiger partial charge >= 0.3 is 6.03 Å². The van der Waals surface area contributed by atoms with E-state index in [-0.39, 0.29) is 30.4 Å². The van der Waals surface area contributed by atoms with Crippen molar-refractivity contribution in [3.8, 4) is 0 Å². The molecule has 1 aromatic rings. The smallest absolute Gasteiger partial charge is 0.315 e. The number of nitrogens with one attached hydrogen (secondary N) is 3. The van der Waals surface area contributed by atoms with Crippen molar-refractivity contribution >= 4 is 24.3 Å². The molecule has 3 N–H and O–H groups in total. The van der Waals surface area contributed by atoms with Crippen molar-refractivity contribution in [3.05, 3.63) is 35.4 Å². The third kappa shape index (κ3) is 5.59. The second kappa shape index (κ2) is 9.42. The zero-order valence-corrected chi connectivity index (χ0v) is 17.1. The summed E-state index contributed by atoms with van der Waals surface area (Å²) in [6.45, 7) is 4.29. The summed E-state index contributed by atoms with van der Waals surface area (Å²) in [6, 6.07) is 8.90. The third-order valence-electron chi connectivity index (χ3n) is 5.39. The fourth-order valence-electron chi connectivity index (χ4n) is 3.97. The maximum atomic E-state index is 12.8. The lowest BCUT2D eigenvalue weighted by Gasteiger charge is -2.35. The van der Waals surface area contributed by atoms with Crippen LogP contribution in [0.3, 0.4) is 0 Å². The number of piperidine rings is 1. The Balaban J connectivity index is 0.00000261. The van der Waals surface area contributed by atoms with E-state index in [9.17, 15) is 9.59 Å². The minimum absolute atomic E-state index is 0. The van der Waals surface area contributed by atoms with Crippen LogP contribution in [0.25, 0.3) is 0 Å². The SMILES string of the molecule is CC(C)NC(=O)NCc1ccc(C(=O)N(C)C2CC3CCC(C2)N3)cc1.Cl. The fourth-order valence-corrected chi connectivity index (χ4v) is 3.97. The van der Waals surface area contributed by atoms with Crippen LogP contribution in [0.5, 0.6) is 0 Å². The molecule has 0 saturated carbocycles. The van der Waals surface area contributed by atoms with Gasteiger partial charge in [-0.15, -0.1) is 12.4 Å². The zero-order chi connectivity index (χ0) is 18.7. The molecule has 6 nitrogen and oxygen atoms in total. The van der Waals surface area contributed by atoms with Crippen molar-refractivity contribution in [3.63, 3.8) is 0 Å². The summed E-state index contributed by atoms with van der Waals surface area (Å²) < 4.78 is 0. The van der Waals surface area contributed by atoms with Gasteiger partial charge in [0.1, 0.15) is 0 Å². The second-order valence-electron chi connectivity index (χ2n) is 7.86. The molecular formula is C20H31ClN4O2. The van der Waals surface area contributed by atoms with E-state index in [0.717, 1.165) is 18.4 Å². The van der Waals surface area contributed by atoms with E-state index < -0.39 is 0 Å². The van der Waals surface area contributed by atoms with Gasteiger partial charge in [0, 0.05) is 43.3 Å². The molecular weight excluding hydrogens is 364 g/mol. The Bertz CT molecular complexity index is 638. The highest BCUT2D eigenvalue weighted by atomic mass is 35.5. The molecule has 2 unspecified atom stereocenters. The molecule has 2 aliphatic heterocycles. The first-order valence-electron chi connectivity index (χ1n) is 9.59. The summed E-state index contributed by atoms with van der Waals surface area (Å²) in [5.41, 5.74) is 1.68. The maximum Gasteiger partial charge on any atom is 0.315 e. The summed E-state index contributed by atoms with van der Waals surface area (Å²) in [4.78, 5) is 26.4. The first-order chi connectivity index (χ1) is 12.4. The Morgan fingerprint density at radius 1 is 1.15 bits per heavy atom. The van der Waals surface area contributed by atoms with E-state index in [0.29, 0.717) is 30.2 Å². The molecule has 2 aliphatic rings. The van der Waals surface area contributed by atoms with Gasteiger partial charge in [-0.1, -0.05) is 12.1 Å². The summed E-state index contributed by atoms with van der Waals surface area (Å²) in [5.74, 6) is 0.0772. The topological polar surface area (TPSA) is 73.5 Å². The summed E-state index contributed by atoms with van der Waals surface area (Å²) in [7, 11) is 1.92. The number of hydrogen-bond donors (Lipinski definition) is 3. The quantitative estimate of drug-likeness (QED) is 0.718.